The standard InChI is InChI=1S/C14H12ClNO3/c1-2-9-3-5-10(6-4-9)19-13-7-11(14(17)18)12(15)8-16-13/h3-8H,2H2,1H3,(H,17,18). The molecule has 4 nitrogen and oxygen atoms in total. The molecule has 0 unspecified atom stereocenters. The van der Waals surface area contributed by atoms with Crippen molar-refractivity contribution in [1.29, 1.82) is 0 Å². The number of aryl methyl sites for hydroxylation is 1. The number of carbonyl (C=O) groups is 1. The summed E-state index contributed by atoms with van der Waals surface area (Å²) in [6.45, 7) is 2.07. The third-order valence-corrected chi connectivity index (χ3v) is 2.92. The molecule has 1 aromatic heterocycles. The van der Waals surface area contributed by atoms with E-state index in [0.717, 1.165) is 6.42 Å². The van der Waals surface area contributed by atoms with Crippen LogP contribution in [0.25, 0.3) is 0 Å². The highest BCUT2D eigenvalue weighted by atomic mass is 35.5. The van der Waals surface area contributed by atoms with Crippen LogP contribution in [0.3, 0.4) is 0 Å². The fraction of sp³-hybridized carbons (Fsp3) is 0.143. The lowest BCUT2D eigenvalue weighted by Gasteiger charge is -2.06. The molecule has 5 heteroatoms. The van der Waals surface area contributed by atoms with Gasteiger partial charge in [-0.15, -0.1) is 0 Å². The molecule has 2 rings (SSSR count). The molecule has 0 saturated carbocycles. The van der Waals surface area contributed by atoms with Crippen LogP contribution in [0.4, 0.5) is 0 Å². The summed E-state index contributed by atoms with van der Waals surface area (Å²) < 4.78 is 5.49. The Balaban J connectivity index is 2.22. The van der Waals surface area contributed by atoms with Gasteiger partial charge < -0.3 is 9.84 Å². The van der Waals surface area contributed by atoms with E-state index in [1.54, 1.807) is 0 Å². The summed E-state index contributed by atoms with van der Waals surface area (Å²) in [6.07, 6.45) is 2.21. The number of halogens is 1. The molecule has 0 bridgehead atoms. The zero-order valence-corrected chi connectivity index (χ0v) is 11.0. The first kappa shape index (κ1) is 13.4. The minimum Gasteiger partial charge on any atom is -0.478 e. The number of aromatic nitrogens is 1. The van der Waals surface area contributed by atoms with Gasteiger partial charge in [0.2, 0.25) is 5.88 Å². The van der Waals surface area contributed by atoms with Crippen molar-refractivity contribution in [3.05, 3.63) is 52.7 Å². The zero-order valence-electron chi connectivity index (χ0n) is 10.3. The number of hydrogen-bond acceptors (Lipinski definition) is 3. The third-order valence-electron chi connectivity index (χ3n) is 2.61. The van der Waals surface area contributed by atoms with Crippen LogP contribution in [0.15, 0.2) is 36.5 Å². The van der Waals surface area contributed by atoms with Crippen molar-refractivity contribution in [2.45, 2.75) is 13.3 Å². The highest BCUT2D eigenvalue weighted by molar-refractivity contribution is 6.33. The van der Waals surface area contributed by atoms with Gasteiger partial charge in [-0.2, -0.15) is 0 Å². The normalized spacial score (nSPS) is 10.2. The minimum atomic E-state index is -1.11. The van der Waals surface area contributed by atoms with Crippen LogP contribution in [-0.2, 0) is 6.42 Å². The summed E-state index contributed by atoms with van der Waals surface area (Å²) in [5.74, 6) is -0.312. The van der Waals surface area contributed by atoms with Crippen LogP contribution in [0.1, 0.15) is 22.8 Å². The number of nitrogens with zero attached hydrogens (tertiary/aromatic N) is 1. The molecular weight excluding hydrogens is 266 g/mol. The summed E-state index contributed by atoms with van der Waals surface area (Å²) >= 11 is 5.73. The van der Waals surface area contributed by atoms with Crippen LogP contribution >= 0.6 is 11.6 Å². The number of carboxylic acids is 1. The predicted octanol–water partition coefficient (Wildman–Crippen LogP) is 3.79. The molecule has 0 aliphatic rings. The lowest BCUT2D eigenvalue weighted by Crippen LogP contribution is -1.99. The number of benzene rings is 1. The maximum absolute atomic E-state index is 10.9. The average molecular weight is 278 g/mol. The Morgan fingerprint density at radius 3 is 2.63 bits per heavy atom. The van der Waals surface area contributed by atoms with Crippen molar-refractivity contribution < 1.29 is 14.6 Å². The average Bonchev–Trinajstić information content (AvgIpc) is 2.41. The fourth-order valence-electron chi connectivity index (χ4n) is 1.55. The Hall–Kier alpha value is -2.07. The van der Waals surface area contributed by atoms with Crippen LogP contribution < -0.4 is 4.74 Å². The maximum Gasteiger partial charge on any atom is 0.337 e. The van der Waals surface area contributed by atoms with Gasteiger partial charge in [0.1, 0.15) is 5.75 Å². The van der Waals surface area contributed by atoms with E-state index < -0.39 is 5.97 Å². The molecule has 0 amide bonds. The van der Waals surface area contributed by atoms with Gasteiger partial charge in [0.05, 0.1) is 16.8 Å². The molecule has 0 aliphatic heterocycles. The number of rotatable bonds is 4. The first-order valence-electron chi connectivity index (χ1n) is 5.75. The largest absolute Gasteiger partial charge is 0.478 e. The second kappa shape index (κ2) is 5.71. The number of aromatic carboxylic acids is 1. The Kier molecular flexibility index (Phi) is 4.02. The van der Waals surface area contributed by atoms with Crippen LogP contribution in [0.5, 0.6) is 11.6 Å². The lowest BCUT2D eigenvalue weighted by atomic mass is 10.2. The summed E-state index contributed by atoms with van der Waals surface area (Å²) in [6, 6.07) is 8.83. The number of pyridine rings is 1. The summed E-state index contributed by atoms with van der Waals surface area (Å²) in [5, 5.41) is 9.04. The van der Waals surface area contributed by atoms with E-state index in [-0.39, 0.29) is 16.5 Å². The first-order chi connectivity index (χ1) is 9.10. The van der Waals surface area contributed by atoms with E-state index in [4.69, 9.17) is 21.4 Å². The van der Waals surface area contributed by atoms with Crippen molar-refractivity contribution in [2.75, 3.05) is 0 Å². The molecule has 0 saturated heterocycles. The van der Waals surface area contributed by atoms with Gasteiger partial charge in [-0.05, 0) is 24.1 Å². The molecule has 1 aromatic carbocycles. The van der Waals surface area contributed by atoms with E-state index >= 15 is 0 Å². The second-order valence-electron chi connectivity index (χ2n) is 3.91. The Bertz CT molecular complexity index is 596. The van der Waals surface area contributed by atoms with E-state index in [9.17, 15) is 4.79 Å². The summed E-state index contributed by atoms with van der Waals surface area (Å²) in [7, 11) is 0. The van der Waals surface area contributed by atoms with Gasteiger partial charge in [-0.1, -0.05) is 30.7 Å². The molecule has 98 valence electrons. The molecule has 0 aliphatic carbocycles. The molecule has 19 heavy (non-hydrogen) atoms. The number of hydrogen-bond donors (Lipinski definition) is 1. The predicted molar refractivity (Wildman–Crippen MR) is 72.1 cm³/mol. The van der Waals surface area contributed by atoms with Gasteiger partial charge in [-0.25, -0.2) is 9.78 Å². The Morgan fingerprint density at radius 2 is 2.05 bits per heavy atom. The minimum absolute atomic E-state index is 0.0307. The SMILES string of the molecule is CCc1ccc(Oc2cc(C(=O)O)c(Cl)cn2)cc1. The highest BCUT2D eigenvalue weighted by Gasteiger charge is 2.11. The van der Waals surface area contributed by atoms with Crippen LogP contribution in [-0.4, -0.2) is 16.1 Å². The van der Waals surface area contributed by atoms with Crippen molar-refractivity contribution in [3.8, 4) is 11.6 Å². The highest BCUT2D eigenvalue weighted by Crippen LogP contribution is 2.24. The molecule has 1 N–H and O–H groups in total. The van der Waals surface area contributed by atoms with Crippen molar-refractivity contribution in [2.24, 2.45) is 0 Å². The molecule has 1 heterocycles. The van der Waals surface area contributed by atoms with Crippen molar-refractivity contribution in [3.63, 3.8) is 0 Å². The van der Waals surface area contributed by atoms with Crippen LogP contribution in [0, 0.1) is 0 Å². The summed E-state index contributed by atoms with van der Waals surface area (Å²) in [4.78, 5) is 14.9. The quantitative estimate of drug-likeness (QED) is 0.924. The van der Waals surface area contributed by atoms with Gasteiger partial charge in [0, 0.05) is 6.07 Å². The van der Waals surface area contributed by atoms with Crippen molar-refractivity contribution in [1.82, 2.24) is 4.98 Å². The van der Waals surface area contributed by atoms with Gasteiger partial charge in [0.15, 0.2) is 0 Å². The second-order valence-corrected chi connectivity index (χ2v) is 4.31. The lowest BCUT2D eigenvalue weighted by molar-refractivity contribution is 0.0696. The van der Waals surface area contributed by atoms with E-state index in [0.29, 0.717) is 5.75 Å². The first-order valence-corrected chi connectivity index (χ1v) is 6.13. The number of ether oxygens (including phenoxy) is 1. The molecule has 2 aromatic rings. The maximum atomic E-state index is 10.9. The monoisotopic (exact) mass is 277 g/mol. The zero-order chi connectivity index (χ0) is 13.8. The Labute approximate surface area is 115 Å². The fourth-order valence-corrected chi connectivity index (χ4v) is 1.74. The molecule has 0 radical (unpaired) electrons. The van der Waals surface area contributed by atoms with Gasteiger partial charge in [0.25, 0.3) is 0 Å². The molecule has 0 spiro atoms. The van der Waals surface area contributed by atoms with E-state index in [1.165, 1.54) is 17.8 Å². The Morgan fingerprint density at radius 1 is 1.37 bits per heavy atom. The van der Waals surface area contributed by atoms with Gasteiger partial charge >= 0.3 is 5.97 Å². The number of carboxylic acid groups (broad SMARTS) is 1. The smallest absolute Gasteiger partial charge is 0.337 e. The third kappa shape index (κ3) is 3.23. The molecule has 0 atom stereocenters. The topological polar surface area (TPSA) is 59.4 Å². The summed E-state index contributed by atoms with van der Waals surface area (Å²) in [5.41, 5.74) is 1.17. The van der Waals surface area contributed by atoms with Crippen molar-refractivity contribution >= 4 is 17.6 Å². The molecular formula is C14H12ClNO3. The van der Waals surface area contributed by atoms with E-state index in [1.807, 2.05) is 24.3 Å². The van der Waals surface area contributed by atoms with E-state index in [2.05, 4.69) is 11.9 Å². The van der Waals surface area contributed by atoms with Crippen LogP contribution in [0.2, 0.25) is 5.02 Å². The van der Waals surface area contributed by atoms with Gasteiger partial charge in [-0.3, -0.25) is 0 Å². The molecule has 0 fully saturated rings.